The third-order valence-corrected chi connectivity index (χ3v) is 4.61. The number of amides is 2. The van der Waals surface area contributed by atoms with E-state index < -0.39 is 0 Å². The molecule has 2 aliphatic rings. The number of hydrogen-bond acceptors (Lipinski definition) is 3. The molecule has 2 amide bonds. The molecule has 1 atom stereocenters. The van der Waals surface area contributed by atoms with Crippen LogP contribution < -0.4 is 0 Å². The van der Waals surface area contributed by atoms with Gasteiger partial charge in [-0.3, -0.25) is 9.59 Å². The average molecular weight is 310 g/mol. The first-order chi connectivity index (χ1) is 10.7. The molecule has 126 valence electrons. The van der Waals surface area contributed by atoms with Crippen LogP contribution in [0.4, 0.5) is 0 Å². The molecule has 0 aromatic heterocycles. The van der Waals surface area contributed by atoms with Crippen molar-refractivity contribution in [2.75, 3.05) is 39.4 Å². The van der Waals surface area contributed by atoms with Gasteiger partial charge in [0.2, 0.25) is 11.8 Å². The fourth-order valence-electron chi connectivity index (χ4n) is 3.25. The molecule has 2 rings (SSSR count). The number of hydrogen-bond donors (Lipinski definition) is 0. The van der Waals surface area contributed by atoms with Gasteiger partial charge in [-0.15, -0.1) is 0 Å². The van der Waals surface area contributed by atoms with Gasteiger partial charge in [-0.2, -0.15) is 0 Å². The molecule has 2 aliphatic heterocycles. The largest absolute Gasteiger partial charge is 0.381 e. The van der Waals surface area contributed by atoms with Gasteiger partial charge in [0.15, 0.2) is 0 Å². The lowest BCUT2D eigenvalue weighted by Gasteiger charge is -2.22. The molecule has 22 heavy (non-hydrogen) atoms. The summed E-state index contributed by atoms with van der Waals surface area (Å²) < 4.78 is 5.59. The molecule has 2 heterocycles. The van der Waals surface area contributed by atoms with E-state index in [-0.39, 0.29) is 11.8 Å². The smallest absolute Gasteiger partial charge is 0.224 e. The number of carbonyl (C=O) groups excluding carboxylic acids is 2. The molecule has 0 N–H and O–H groups in total. The van der Waals surface area contributed by atoms with Crippen molar-refractivity contribution in [2.45, 2.75) is 51.9 Å². The SMILES string of the molecule is CCCOC[C@@H]1CCN(C(=O)CCN2CCCCCC2=O)C1. The van der Waals surface area contributed by atoms with Gasteiger partial charge in [0, 0.05) is 51.5 Å². The highest BCUT2D eigenvalue weighted by atomic mass is 16.5. The molecule has 5 nitrogen and oxygen atoms in total. The first kappa shape index (κ1) is 17.3. The molecule has 2 fully saturated rings. The Labute approximate surface area is 134 Å². The Morgan fingerprint density at radius 2 is 2.14 bits per heavy atom. The summed E-state index contributed by atoms with van der Waals surface area (Å²) in [5.41, 5.74) is 0. The Hall–Kier alpha value is -1.10. The molecule has 0 aromatic carbocycles. The predicted molar refractivity (Wildman–Crippen MR) is 85.5 cm³/mol. The van der Waals surface area contributed by atoms with Crippen LogP contribution >= 0.6 is 0 Å². The van der Waals surface area contributed by atoms with Crippen LogP contribution in [0.5, 0.6) is 0 Å². The number of rotatable bonds is 7. The van der Waals surface area contributed by atoms with Gasteiger partial charge in [0.25, 0.3) is 0 Å². The second-order valence-corrected chi connectivity index (χ2v) is 6.51. The van der Waals surface area contributed by atoms with E-state index in [1.165, 1.54) is 0 Å². The Kier molecular flexibility index (Phi) is 7.16. The standard InChI is InChI=1S/C17H30N2O3/c1-2-12-22-14-15-7-10-19(13-15)17(21)8-11-18-9-5-3-4-6-16(18)20/h15H,2-14H2,1H3/t15-/m1/s1. The first-order valence-electron chi connectivity index (χ1n) is 8.84. The third-order valence-electron chi connectivity index (χ3n) is 4.61. The molecule has 0 aromatic rings. The van der Waals surface area contributed by atoms with E-state index in [9.17, 15) is 9.59 Å². The monoisotopic (exact) mass is 310 g/mol. The summed E-state index contributed by atoms with van der Waals surface area (Å²) in [6.07, 6.45) is 6.39. The maximum absolute atomic E-state index is 12.3. The van der Waals surface area contributed by atoms with Crippen LogP contribution in [-0.2, 0) is 14.3 Å². The summed E-state index contributed by atoms with van der Waals surface area (Å²) in [7, 11) is 0. The third kappa shape index (κ3) is 5.27. The maximum atomic E-state index is 12.3. The molecule has 0 spiro atoms. The van der Waals surface area contributed by atoms with Crippen molar-refractivity contribution < 1.29 is 14.3 Å². The molecule has 0 aliphatic carbocycles. The van der Waals surface area contributed by atoms with Crippen LogP contribution in [0, 0.1) is 5.92 Å². The van der Waals surface area contributed by atoms with Gasteiger partial charge in [-0.05, 0) is 25.7 Å². The van der Waals surface area contributed by atoms with Crippen molar-refractivity contribution in [3.05, 3.63) is 0 Å². The Morgan fingerprint density at radius 1 is 1.27 bits per heavy atom. The Balaban J connectivity index is 1.68. The molecule has 0 radical (unpaired) electrons. The van der Waals surface area contributed by atoms with E-state index >= 15 is 0 Å². The molecule has 0 saturated carbocycles. The number of carbonyl (C=O) groups is 2. The zero-order valence-corrected chi connectivity index (χ0v) is 13.9. The zero-order chi connectivity index (χ0) is 15.8. The van der Waals surface area contributed by atoms with E-state index in [1.807, 2.05) is 9.80 Å². The summed E-state index contributed by atoms with van der Waals surface area (Å²) in [4.78, 5) is 28.1. The van der Waals surface area contributed by atoms with Crippen molar-refractivity contribution >= 4 is 11.8 Å². The van der Waals surface area contributed by atoms with E-state index in [1.54, 1.807) is 0 Å². The lowest BCUT2D eigenvalue weighted by Crippen LogP contribution is -2.36. The molecular weight excluding hydrogens is 280 g/mol. The van der Waals surface area contributed by atoms with Gasteiger partial charge >= 0.3 is 0 Å². The lowest BCUT2D eigenvalue weighted by atomic mass is 10.1. The van der Waals surface area contributed by atoms with Crippen LogP contribution in [-0.4, -0.2) is 61.0 Å². The summed E-state index contributed by atoms with van der Waals surface area (Å²) in [5.74, 6) is 0.892. The van der Waals surface area contributed by atoms with Gasteiger partial charge in [-0.25, -0.2) is 0 Å². The van der Waals surface area contributed by atoms with Crippen molar-refractivity contribution in [1.29, 1.82) is 0 Å². The van der Waals surface area contributed by atoms with Gasteiger partial charge in [-0.1, -0.05) is 13.3 Å². The van der Waals surface area contributed by atoms with Crippen LogP contribution in [0.25, 0.3) is 0 Å². The maximum Gasteiger partial charge on any atom is 0.224 e. The molecule has 5 heteroatoms. The Morgan fingerprint density at radius 3 is 2.95 bits per heavy atom. The number of ether oxygens (including phenoxy) is 1. The fraction of sp³-hybridized carbons (Fsp3) is 0.882. The fourth-order valence-corrected chi connectivity index (χ4v) is 3.25. The molecule has 2 saturated heterocycles. The summed E-state index contributed by atoms with van der Waals surface area (Å²) >= 11 is 0. The minimum Gasteiger partial charge on any atom is -0.381 e. The Bertz CT molecular complexity index is 373. The average Bonchev–Trinajstić information content (AvgIpc) is 2.89. The van der Waals surface area contributed by atoms with Crippen LogP contribution in [0.2, 0.25) is 0 Å². The van der Waals surface area contributed by atoms with E-state index in [0.29, 0.717) is 25.3 Å². The molecule has 0 bridgehead atoms. The topological polar surface area (TPSA) is 49.9 Å². The van der Waals surface area contributed by atoms with Crippen molar-refractivity contribution in [2.24, 2.45) is 5.92 Å². The number of nitrogens with zero attached hydrogens (tertiary/aromatic N) is 2. The quantitative estimate of drug-likeness (QED) is 0.676. The summed E-state index contributed by atoms with van der Waals surface area (Å²) in [6.45, 7) is 6.74. The van der Waals surface area contributed by atoms with Gasteiger partial charge in [0.1, 0.15) is 0 Å². The van der Waals surface area contributed by atoms with Gasteiger partial charge < -0.3 is 14.5 Å². The summed E-state index contributed by atoms with van der Waals surface area (Å²) in [6, 6.07) is 0. The van der Waals surface area contributed by atoms with E-state index in [2.05, 4.69) is 6.92 Å². The normalized spacial score (nSPS) is 23.0. The second-order valence-electron chi connectivity index (χ2n) is 6.51. The molecular formula is C17H30N2O3. The number of likely N-dealkylation sites (tertiary alicyclic amines) is 2. The van der Waals surface area contributed by atoms with Crippen LogP contribution in [0.15, 0.2) is 0 Å². The minimum absolute atomic E-state index is 0.190. The highest BCUT2D eigenvalue weighted by Crippen LogP contribution is 2.18. The van der Waals surface area contributed by atoms with E-state index in [4.69, 9.17) is 4.74 Å². The van der Waals surface area contributed by atoms with Crippen molar-refractivity contribution in [1.82, 2.24) is 9.80 Å². The van der Waals surface area contributed by atoms with Crippen LogP contribution in [0.1, 0.15) is 51.9 Å². The zero-order valence-electron chi connectivity index (χ0n) is 13.9. The van der Waals surface area contributed by atoms with E-state index in [0.717, 1.165) is 65.0 Å². The molecule has 0 unspecified atom stereocenters. The van der Waals surface area contributed by atoms with Crippen molar-refractivity contribution in [3.63, 3.8) is 0 Å². The highest BCUT2D eigenvalue weighted by Gasteiger charge is 2.27. The second kappa shape index (κ2) is 9.13. The van der Waals surface area contributed by atoms with Crippen molar-refractivity contribution in [3.8, 4) is 0 Å². The van der Waals surface area contributed by atoms with Crippen LogP contribution in [0.3, 0.4) is 0 Å². The first-order valence-corrected chi connectivity index (χ1v) is 8.84. The summed E-state index contributed by atoms with van der Waals surface area (Å²) in [5, 5.41) is 0. The van der Waals surface area contributed by atoms with Gasteiger partial charge in [0.05, 0.1) is 6.61 Å². The minimum atomic E-state index is 0.190. The lowest BCUT2D eigenvalue weighted by molar-refractivity contribution is -0.133. The highest BCUT2D eigenvalue weighted by molar-refractivity contribution is 5.79. The predicted octanol–water partition coefficient (Wildman–Crippen LogP) is 2.05.